The Morgan fingerprint density at radius 3 is 1.62 bits per heavy atom. The van der Waals surface area contributed by atoms with Crippen LogP contribution >= 0.6 is 0 Å². The van der Waals surface area contributed by atoms with Crippen molar-refractivity contribution in [1.82, 2.24) is 0 Å². The van der Waals surface area contributed by atoms with Crippen LogP contribution in [0.15, 0.2) is 0 Å². The first-order valence-corrected chi connectivity index (χ1v) is 5.37. The van der Waals surface area contributed by atoms with E-state index in [1.165, 1.54) is 0 Å². The fourth-order valence-corrected chi connectivity index (χ4v) is 1.32. The third-order valence-corrected chi connectivity index (χ3v) is 2.86. The molecule has 0 aromatic rings. The normalized spacial score (nSPS) is 23.2. The lowest BCUT2D eigenvalue weighted by molar-refractivity contribution is -0.147. The molecule has 0 radical (unpaired) electrons. The lowest BCUT2D eigenvalue weighted by Gasteiger charge is -2.30. The van der Waals surface area contributed by atoms with Gasteiger partial charge in [0.2, 0.25) is 0 Å². The molecule has 0 saturated heterocycles. The molecule has 98 valence electrons. The van der Waals surface area contributed by atoms with Gasteiger partial charge in [-0.2, -0.15) is 0 Å². The summed E-state index contributed by atoms with van der Waals surface area (Å²) in [6, 6.07) is 0. The Bertz CT molecular complexity index is 168. The van der Waals surface area contributed by atoms with Gasteiger partial charge in [-0.05, 0) is 5.92 Å². The standard InChI is InChI=1S/C10H22O6/c1-3-5(2)7(13)9(15)10(16)8(14)6(12)4-11/h5-16H,3-4H2,1-2H3/t5?,6-,7?,8-,9+,10+/m1/s1. The van der Waals surface area contributed by atoms with Crippen LogP contribution in [0.3, 0.4) is 0 Å². The molecule has 0 fully saturated rings. The molecule has 0 aromatic carbocycles. The largest absolute Gasteiger partial charge is 0.394 e. The van der Waals surface area contributed by atoms with E-state index in [9.17, 15) is 20.4 Å². The van der Waals surface area contributed by atoms with Crippen LogP contribution in [-0.4, -0.2) is 67.8 Å². The molecule has 6 N–H and O–H groups in total. The van der Waals surface area contributed by atoms with Gasteiger partial charge in [0, 0.05) is 0 Å². The second kappa shape index (κ2) is 7.16. The highest BCUT2D eigenvalue weighted by Gasteiger charge is 2.35. The highest BCUT2D eigenvalue weighted by atomic mass is 16.4. The minimum Gasteiger partial charge on any atom is -0.394 e. The van der Waals surface area contributed by atoms with E-state index in [1.54, 1.807) is 6.92 Å². The maximum absolute atomic E-state index is 9.59. The quantitative estimate of drug-likeness (QED) is 0.300. The highest BCUT2D eigenvalue weighted by Crippen LogP contribution is 2.16. The highest BCUT2D eigenvalue weighted by molar-refractivity contribution is 4.86. The summed E-state index contributed by atoms with van der Waals surface area (Å²) < 4.78 is 0. The molecule has 6 heteroatoms. The fraction of sp³-hybridized carbons (Fsp3) is 1.00. The first kappa shape index (κ1) is 15.8. The summed E-state index contributed by atoms with van der Waals surface area (Å²) in [7, 11) is 0. The second-order valence-electron chi connectivity index (χ2n) is 4.10. The lowest BCUT2D eigenvalue weighted by atomic mass is 9.91. The molecule has 2 unspecified atom stereocenters. The summed E-state index contributed by atoms with van der Waals surface area (Å²) >= 11 is 0. The summed E-state index contributed by atoms with van der Waals surface area (Å²) in [4.78, 5) is 0. The maximum atomic E-state index is 9.59. The summed E-state index contributed by atoms with van der Waals surface area (Å²) in [5.74, 6) is -0.247. The first-order valence-electron chi connectivity index (χ1n) is 5.37. The van der Waals surface area contributed by atoms with Crippen LogP contribution in [0, 0.1) is 5.92 Å². The van der Waals surface area contributed by atoms with Gasteiger partial charge in [0.25, 0.3) is 0 Å². The van der Waals surface area contributed by atoms with Crippen LogP contribution in [0.4, 0.5) is 0 Å². The van der Waals surface area contributed by atoms with Crippen molar-refractivity contribution < 1.29 is 30.6 Å². The van der Waals surface area contributed by atoms with Crippen molar-refractivity contribution in [1.29, 1.82) is 0 Å². The van der Waals surface area contributed by atoms with Gasteiger partial charge in [-0.25, -0.2) is 0 Å². The monoisotopic (exact) mass is 238 g/mol. The number of aliphatic hydroxyl groups is 6. The lowest BCUT2D eigenvalue weighted by Crippen LogP contribution is -2.51. The Hall–Kier alpha value is -0.240. The van der Waals surface area contributed by atoms with Gasteiger partial charge in [-0.1, -0.05) is 20.3 Å². The van der Waals surface area contributed by atoms with Crippen LogP contribution in [0.1, 0.15) is 20.3 Å². The van der Waals surface area contributed by atoms with E-state index in [0.717, 1.165) is 0 Å². The van der Waals surface area contributed by atoms with Crippen molar-refractivity contribution in [3.63, 3.8) is 0 Å². The van der Waals surface area contributed by atoms with Crippen molar-refractivity contribution >= 4 is 0 Å². The van der Waals surface area contributed by atoms with E-state index >= 15 is 0 Å². The molecule has 0 amide bonds. The van der Waals surface area contributed by atoms with Crippen molar-refractivity contribution in [2.24, 2.45) is 5.92 Å². The zero-order valence-corrected chi connectivity index (χ0v) is 9.56. The van der Waals surface area contributed by atoms with Crippen LogP contribution in [0.2, 0.25) is 0 Å². The van der Waals surface area contributed by atoms with E-state index in [-0.39, 0.29) is 5.92 Å². The topological polar surface area (TPSA) is 121 Å². The molecule has 0 aliphatic heterocycles. The molecule has 0 saturated carbocycles. The summed E-state index contributed by atoms with van der Waals surface area (Å²) in [5.41, 5.74) is 0. The van der Waals surface area contributed by atoms with Crippen LogP contribution < -0.4 is 0 Å². The third-order valence-electron chi connectivity index (χ3n) is 2.86. The molecule has 0 spiro atoms. The van der Waals surface area contributed by atoms with Gasteiger partial charge in [0.15, 0.2) is 0 Å². The van der Waals surface area contributed by atoms with E-state index in [2.05, 4.69) is 0 Å². The van der Waals surface area contributed by atoms with Gasteiger partial charge < -0.3 is 30.6 Å². The average Bonchev–Trinajstić information content (AvgIpc) is 2.32. The zero-order valence-electron chi connectivity index (χ0n) is 9.56. The molecule has 0 rings (SSSR count). The fourth-order valence-electron chi connectivity index (χ4n) is 1.32. The molecule has 6 nitrogen and oxygen atoms in total. The minimum absolute atomic E-state index is 0.247. The van der Waals surface area contributed by atoms with Crippen molar-refractivity contribution in [2.45, 2.75) is 50.8 Å². The maximum Gasteiger partial charge on any atom is 0.111 e. The predicted octanol–water partition coefficient (Wildman–Crippen LogP) is -2.17. The summed E-state index contributed by atoms with van der Waals surface area (Å²) in [6.45, 7) is 2.77. The molecule has 0 aromatic heterocycles. The van der Waals surface area contributed by atoms with E-state index < -0.39 is 37.1 Å². The van der Waals surface area contributed by atoms with Crippen LogP contribution in [0.5, 0.6) is 0 Å². The molecular weight excluding hydrogens is 216 g/mol. The molecule has 0 bridgehead atoms. The predicted molar refractivity (Wildman–Crippen MR) is 56.6 cm³/mol. The van der Waals surface area contributed by atoms with Crippen LogP contribution in [-0.2, 0) is 0 Å². The number of hydrogen-bond donors (Lipinski definition) is 6. The zero-order chi connectivity index (χ0) is 12.9. The van der Waals surface area contributed by atoms with E-state index in [0.29, 0.717) is 6.42 Å². The summed E-state index contributed by atoms with van der Waals surface area (Å²) in [5, 5.41) is 55.6. The van der Waals surface area contributed by atoms with Gasteiger partial charge >= 0.3 is 0 Å². The third kappa shape index (κ3) is 3.97. The van der Waals surface area contributed by atoms with Gasteiger partial charge in [0.05, 0.1) is 12.7 Å². The van der Waals surface area contributed by atoms with E-state index in [4.69, 9.17) is 10.2 Å². The number of rotatable bonds is 7. The van der Waals surface area contributed by atoms with Crippen LogP contribution in [0.25, 0.3) is 0 Å². The Morgan fingerprint density at radius 2 is 1.25 bits per heavy atom. The molecule has 0 aliphatic rings. The average molecular weight is 238 g/mol. The van der Waals surface area contributed by atoms with Crippen molar-refractivity contribution in [2.75, 3.05) is 6.61 Å². The minimum atomic E-state index is -1.70. The van der Waals surface area contributed by atoms with Gasteiger partial charge in [0.1, 0.15) is 24.4 Å². The molecular formula is C10H22O6. The molecule has 6 atom stereocenters. The first-order chi connectivity index (χ1) is 7.36. The Morgan fingerprint density at radius 1 is 0.812 bits per heavy atom. The van der Waals surface area contributed by atoms with Crippen molar-refractivity contribution in [3.05, 3.63) is 0 Å². The molecule has 16 heavy (non-hydrogen) atoms. The smallest absolute Gasteiger partial charge is 0.111 e. The Labute approximate surface area is 94.8 Å². The van der Waals surface area contributed by atoms with E-state index in [1.807, 2.05) is 6.92 Å². The number of hydrogen-bond acceptors (Lipinski definition) is 6. The SMILES string of the molecule is CCC(C)C(O)[C@H](O)[C@@H](O)[C@H](O)[C@H](O)CO. The number of aliphatic hydroxyl groups excluding tert-OH is 6. The van der Waals surface area contributed by atoms with Crippen molar-refractivity contribution in [3.8, 4) is 0 Å². The molecule has 0 aliphatic carbocycles. The Kier molecular flexibility index (Phi) is 7.05. The second-order valence-corrected chi connectivity index (χ2v) is 4.10. The van der Waals surface area contributed by atoms with Gasteiger partial charge in [-0.15, -0.1) is 0 Å². The van der Waals surface area contributed by atoms with Gasteiger partial charge in [-0.3, -0.25) is 0 Å². The molecule has 0 heterocycles. The summed E-state index contributed by atoms with van der Waals surface area (Å²) in [6.07, 6.45) is -7.10. The Balaban J connectivity index is 4.41.